The molecule has 5 heterocycles. The minimum Gasteiger partial charge on any atom is -0.403 e. The van der Waals surface area contributed by atoms with E-state index in [-0.39, 0.29) is 0 Å². The summed E-state index contributed by atoms with van der Waals surface area (Å²) in [6, 6.07) is 9.59. The van der Waals surface area contributed by atoms with Gasteiger partial charge in [-0.3, -0.25) is 0 Å². The van der Waals surface area contributed by atoms with E-state index in [4.69, 9.17) is 4.42 Å². The maximum atomic E-state index is 6.07. The van der Waals surface area contributed by atoms with Gasteiger partial charge in [0.05, 0.1) is 5.56 Å². The zero-order valence-electron chi connectivity index (χ0n) is 12.8. The number of benzene rings is 1. The van der Waals surface area contributed by atoms with Gasteiger partial charge < -0.3 is 14.2 Å². The number of nitrogens with zero attached hydrogens (tertiary/aromatic N) is 4. The van der Waals surface area contributed by atoms with Crippen LogP contribution in [-0.2, 0) is 0 Å². The van der Waals surface area contributed by atoms with Crippen molar-refractivity contribution < 1.29 is 4.42 Å². The Hall–Kier alpha value is -1.92. The van der Waals surface area contributed by atoms with Crippen LogP contribution in [0.1, 0.15) is 12.8 Å². The zero-order valence-corrected chi connectivity index (χ0v) is 13.6. The number of piperidine rings is 1. The van der Waals surface area contributed by atoms with Crippen LogP contribution in [0.5, 0.6) is 0 Å². The topological polar surface area (TPSA) is 45.4 Å². The molecular formula is C17H18N4OS. The van der Waals surface area contributed by atoms with E-state index >= 15 is 0 Å². The second-order valence-corrected chi connectivity index (χ2v) is 7.21. The van der Waals surface area contributed by atoms with Crippen molar-refractivity contribution in [3.05, 3.63) is 29.6 Å². The van der Waals surface area contributed by atoms with Crippen LogP contribution in [0.4, 0.5) is 6.01 Å². The Labute approximate surface area is 138 Å². The van der Waals surface area contributed by atoms with Gasteiger partial charge in [0.2, 0.25) is 0 Å². The summed E-state index contributed by atoms with van der Waals surface area (Å²) in [4.78, 5) is 4.85. The minimum atomic E-state index is 0.543. The van der Waals surface area contributed by atoms with Crippen molar-refractivity contribution in [3.63, 3.8) is 0 Å². The molecule has 3 fully saturated rings. The maximum Gasteiger partial charge on any atom is 0.318 e. The van der Waals surface area contributed by atoms with Crippen molar-refractivity contribution in [1.82, 2.24) is 15.1 Å². The number of hydrogen-bond acceptors (Lipinski definition) is 6. The molecular weight excluding hydrogens is 308 g/mol. The second-order valence-electron chi connectivity index (χ2n) is 6.30. The summed E-state index contributed by atoms with van der Waals surface area (Å²) in [7, 11) is 0. The van der Waals surface area contributed by atoms with E-state index in [1.165, 1.54) is 36.0 Å². The lowest BCUT2D eigenvalue weighted by Gasteiger charge is -2.29. The summed E-state index contributed by atoms with van der Waals surface area (Å²) < 4.78 is 7.33. The number of thiophene rings is 1. The maximum absolute atomic E-state index is 6.07. The molecule has 0 spiro atoms. The number of aromatic nitrogens is 2. The quantitative estimate of drug-likeness (QED) is 0.723. The monoisotopic (exact) mass is 326 g/mol. The Balaban J connectivity index is 1.50. The predicted octanol–water partition coefficient (Wildman–Crippen LogP) is 3.24. The van der Waals surface area contributed by atoms with Crippen LogP contribution < -0.4 is 4.90 Å². The van der Waals surface area contributed by atoms with Gasteiger partial charge in [0.15, 0.2) is 0 Å². The minimum absolute atomic E-state index is 0.543. The highest BCUT2D eigenvalue weighted by molar-refractivity contribution is 7.17. The lowest BCUT2D eigenvalue weighted by Crippen LogP contribution is -2.38. The molecule has 2 aromatic heterocycles. The predicted molar refractivity (Wildman–Crippen MR) is 91.9 cm³/mol. The van der Waals surface area contributed by atoms with E-state index in [9.17, 15) is 0 Å². The molecule has 3 saturated heterocycles. The molecule has 0 aliphatic carbocycles. The Morgan fingerprint density at radius 3 is 2.83 bits per heavy atom. The molecule has 0 atom stereocenters. The molecule has 1 aromatic carbocycles. The van der Waals surface area contributed by atoms with Crippen molar-refractivity contribution in [1.29, 1.82) is 0 Å². The highest BCUT2D eigenvalue weighted by Gasteiger charge is 2.32. The van der Waals surface area contributed by atoms with Crippen LogP contribution in [-0.4, -0.2) is 47.3 Å². The summed E-state index contributed by atoms with van der Waals surface area (Å²) in [6.45, 7) is 4.46. The molecule has 0 amide bonds. The Morgan fingerprint density at radius 2 is 1.91 bits per heavy atom. The Morgan fingerprint density at radius 1 is 1.04 bits per heavy atom. The average Bonchev–Trinajstić information content (AvgIpc) is 3.13. The van der Waals surface area contributed by atoms with Crippen LogP contribution in [0.2, 0.25) is 0 Å². The number of hydrogen-bond donors (Lipinski definition) is 0. The molecule has 5 nitrogen and oxygen atoms in total. The van der Waals surface area contributed by atoms with E-state index in [1.807, 2.05) is 0 Å². The molecule has 0 N–H and O–H groups in total. The van der Waals surface area contributed by atoms with Crippen LogP contribution in [0.15, 0.2) is 34.1 Å². The number of rotatable bonds is 2. The van der Waals surface area contributed by atoms with Crippen molar-refractivity contribution in [2.75, 3.05) is 31.1 Å². The summed E-state index contributed by atoms with van der Waals surface area (Å²) in [6.07, 6.45) is 2.39. The molecule has 3 aliphatic heterocycles. The molecule has 3 aromatic rings. The van der Waals surface area contributed by atoms with Gasteiger partial charge in [-0.1, -0.05) is 23.3 Å². The van der Waals surface area contributed by atoms with Gasteiger partial charge in [0.25, 0.3) is 5.89 Å². The zero-order chi connectivity index (χ0) is 15.2. The third-order valence-corrected chi connectivity index (χ3v) is 5.99. The first-order valence-corrected chi connectivity index (χ1v) is 9.05. The number of anilines is 1. The SMILES string of the molecule is c1ccc2c(-c3nnc(N4CCN5CCC4CC5)o3)csc2c1. The van der Waals surface area contributed by atoms with Crippen LogP contribution in [0.3, 0.4) is 0 Å². The van der Waals surface area contributed by atoms with Gasteiger partial charge in [-0.05, 0) is 18.9 Å². The third kappa shape index (κ3) is 2.24. The van der Waals surface area contributed by atoms with E-state index in [0.717, 1.165) is 18.7 Å². The van der Waals surface area contributed by atoms with E-state index in [2.05, 4.69) is 49.6 Å². The normalized spacial score (nSPS) is 24.3. The second kappa shape index (κ2) is 5.32. The van der Waals surface area contributed by atoms with Gasteiger partial charge in [0, 0.05) is 47.7 Å². The van der Waals surface area contributed by atoms with E-state index < -0.39 is 0 Å². The van der Waals surface area contributed by atoms with Crippen LogP contribution in [0, 0.1) is 0 Å². The first-order valence-electron chi connectivity index (χ1n) is 8.17. The largest absolute Gasteiger partial charge is 0.403 e. The first kappa shape index (κ1) is 13.5. The number of fused-ring (bicyclic) bond motifs is 5. The Bertz CT molecular complexity index is 834. The average molecular weight is 326 g/mol. The van der Waals surface area contributed by atoms with E-state index in [0.29, 0.717) is 17.9 Å². The summed E-state index contributed by atoms with van der Waals surface area (Å²) >= 11 is 1.72. The van der Waals surface area contributed by atoms with E-state index in [1.54, 1.807) is 11.3 Å². The third-order valence-electron chi connectivity index (χ3n) is 5.03. The molecule has 2 bridgehead atoms. The van der Waals surface area contributed by atoms with Gasteiger partial charge in [-0.25, -0.2) is 0 Å². The molecule has 0 unspecified atom stereocenters. The molecule has 6 rings (SSSR count). The molecule has 118 valence electrons. The molecule has 3 aliphatic rings. The highest BCUT2D eigenvalue weighted by Crippen LogP contribution is 2.35. The Kier molecular flexibility index (Phi) is 3.12. The van der Waals surface area contributed by atoms with Crippen molar-refractivity contribution in [2.24, 2.45) is 0 Å². The summed E-state index contributed by atoms with van der Waals surface area (Å²) in [5.41, 5.74) is 1.05. The van der Waals surface area contributed by atoms with Crippen molar-refractivity contribution in [3.8, 4) is 11.5 Å². The van der Waals surface area contributed by atoms with Gasteiger partial charge in [-0.15, -0.1) is 16.4 Å². The van der Waals surface area contributed by atoms with Crippen LogP contribution in [0.25, 0.3) is 21.5 Å². The van der Waals surface area contributed by atoms with Gasteiger partial charge in [0.1, 0.15) is 0 Å². The first-order chi connectivity index (χ1) is 11.4. The molecule has 23 heavy (non-hydrogen) atoms. The summed E-state index contributed by atoms with van der Waals surface area (Å²) in [5.74, 6) is 0.636. The molecule has 0 radical (unpaired) electrons. The smallest absolute Gasteiger partial charge is 0.318 e. The van der Waals surface area contributed by atoms with Gasteiger partial charge >= 0.3 is 6.01 Å². The fourth-order valence-corrected chi connectivity index (χ4v) is 4.66. The highest BCUT2D eigenvalue weighted by atomic mass is 32.1. The standard InChI is InChI=1S/C17H18N4OS/c1-2-4-15-13(3-1)14(11-23-15)16-18-19-17(22-16)21-10-9-20-7-5-12(21)6-8-20/h1-4,11-12H,5-10H2. The lowest BCUT2D eigenvalue weighted by atomic mass is 10.1. The van der Waals surface area contributed by atoms with Crippen molar-refractivity contribution >= 4 is 27.4 Å². The fourth-order valence-electron chi connectivity index (χ4n) is 3.72. The van der Waals surface area contributed by atoms with Crippen molar-refractivity contribution in [2.45, 2.75) is 18.9 Å². The fraction of sp³-hybridized carbons (Fsp3) is 0.412. The molecule has 0 saturated carbocycles. The summed E-state index contributed by atoms with van der Waals surface area (Å²) in [5, 5.41) is 12.0. The molecule has 6 heteroatoms. The van der Waals surface area contributed by atoms with Gasteiger partial charge in [-0.2, -0.15) is 0 Å². The lowest BCUT2D eigenvalue weighted by molar-refractivity contribution is 0.249. The van der Waals surface area contributed by atoms with Crippen LogP contribution >= 0.6 is 11.3 Å².